The Balaban J connectivity index is 2.12. The summed E-state index contributed by atoms with van der Waals surface area (Å²) >= 11 is 0. The van der Waals surface area contributed by atoms with Crippen molar-refractivity contribution in [3.8, 4) is 11.3 Å². The second-order valence-corrected chi connectivity index (χ2v) is 7.50. The van der Waals surface area contributed by atoms with Gasteiger partial charge >= 0.3 is 0 Å². The Kier molecular flexibility index (Phi) is 3.19. The van der Waals surface area contributed by atoms with E-state index < -0.39 is 0 Å². The SMILES string of the molecule is Cc1cc(C)c2c(c1)CC(C)(C)c1nc3c([N+](=O)[O-])cccc3nc1-2. The van der Waals surface area contributed by atoms with Crippen molar-refractivity contribution < 1.29 is 4.92 Å². The number of aromatic nitrogens is 2. The summed E-state index contributed by atoms with van der Waals surface area (Å²) in [5, 5.41) is 11.4. The zero-order valence-electron chi connectivity index (χ0n) is 14.8. The van der Waals surface area contributed by atoms with E-state index in [4.69, 9.17) is 9.97 Å². The third-order valence-corrected chi connectivity index (χ3v) is 4.94. The highest BCUT2D eigenvalue weighted by Crippen LogP contribution is 2.44. The molecule has 0 amide bonds. The van der Waals surface area contributed by atoms with Crippen molar-refractivity contribution in [3.05, 3.63) is 62.8 Å². The van der Waals surface area contributed by atoms with Gasteiger partial charge in [-0.2, -0.15) is 0 Å². The summed E-state index contributed by atoms with van der Waals surface area (Å²) < 4.78 is 0. The molecule has 126 valence electrons. The van der Waals surface area contributed by atoms with Crippen LogP contribution in [0.4, 0.5) is 5.69 Å². The van der Waals surface area contributed by atoms with E-state index in [0.717, 1.165) is 23.4 Å². The van der Waals surface area contributed by atoms with Crippen LogP contribution in [-0.4, -0.2) is 14.9 Å². The second kappa shape index (κ2) is 5.09. The lowest BCUT2D eigenvalue weighted by Crippen LogP contribution is -2.28. The van der Waals surface area contributed by atoms with Crippen LogP contribution in [0, 0.1) is 24.0 Å². The smallest absolute Gasteiger partial charge is 0.258 e. The van der Waals surface area contributed by atoms with E-state index in [2.05, 4.69) is 39.8 Å². The van der Waals surface area contributed by atoms with E-state index in [9.17, 15) is 10.1 Å². The minimum Gasteiger partial charge on any atom is -0.258 e. The van der Waals surface area contributed by atoms with E-state index in [0.29, 0.717) is 11.0 Å². The van der Waals surface area contributed by atoms with Gasteiger partial charge < -0.3 is 0 Å². The van der Waals surface area contributed by atoms with Gasteiger partial charge in [0.2, 0.25) is 0 Å². The number of hydrogen-bond donors (Lipinski definition) is 0. The molecule has 0 saturated carbocycles. The molecule has 0 radical (unpaired) electrons. The molecule has 1 aliphatic rings. The van der Waals surface area contributed by atoms with Crippen LogP contribution in [0.3, 0.4) is 0 Å². The Morgan fingerprint density at radius 3 is 2.64 bits per heavy atom. The summed E-state index contributed by atoms with van der Waals surface area (Å²) in [6.45, 7) is 8.45. The van der Waals surface area contributed by atoms with Crippen LogP contribution in [0.25, 0.3) is 22.3 Å². The fourth-order valence-electron chi connectivity index (χ4n) is 3.95. The maximum atomic E-state index is 11.4. The number of benzene rings is 2. The lowest BCUT2D eigenvalue weighted by molar-refractivity contribution is -0.383. The van der Waals surface area contributed by atoms with Crippen LogP contribution in [-0.2, 0) is 11.8 Å². The average Bonchev–Trinajstić information content (AvgIpc) is 2.51. The molecule has 0 bridgehead atoms. The number of nitro groups is 1. The summed E-state index contributed by atoms with van der Waals surface area (Å²) in [6, 6.07) is 9.31. The third kappa shape index (κ3) is 2.30. The van der Waals surface area contributed by atoms with E-state index in [1.54, 1.807) is 12.1 Å². The molecule has 0 spiro atoms. The molecule has 0 N–H and O–H groups in total. The van der Waals surface area contributed by atoms with Crippen molar-refractivity contribution in [1.82, 2.24) is 9.97 Å². The molecule has 2 aromatic carbocycles. The molecule has 0 atom stereocenters. The van der Waals surface area contributed by atoms with Gasteiger partial charge in [-0.25, -0.2) is 9.97 Å². The number of para-hydroxylation sites is 1. The highest BCUT2D eigenvalue weighted by atomic mass is 16.6. The minimum absolute atomic E-state index is 0.00928. The number of hydrogen-bond acceptors (Lipinski definition) is 4. The van der Waals surface area contributed by atoms with Crippen molar-refractivity contribution >= 4 is 16.7 Å². The Morgan fingerprint density at radius 1 is 1.16 bits per heavy atom. The Morgan fingerprint density at radius 2 is 1.92 bits per heavy atom. The lowest BCUT2D eigenvalue weighted by Gasteiger charge is -2.33. The van der Waals surface area contributed by atoms with Gasteiger partial charge in [0.15, 0.2) is 5.52 Å². The molecule has 4 rings (SSSR count). The molecule has 0 fully saturated rings. The highest BCUT2D eigenvalue weighted by Gasteiger charge is 2.35. The Labute approximate surface area is 145 Å². The van der Waals surface area contributed by atoms with Crippen LogP contribution in [0.2, 0.25) is 0 Å². The predicted octanol–water partition coefficient (Wildman–Crippen LogP) is 4.66. The molecular formula is C20H19N3O2. The standard InChI is InChI=1S/C20H19N3O2/c1-11-8-12(2)16-13(9-11)10-20(3,4)19-18(16)21-14-6-5-7-15(23(24)25)17(14)22-19/h5-9H,10H2,1-4H3. The summed E-state index contributed by atoms with van der Waals surface area (Å²) in [4.78, 5) is 20.6. The number of nitro benzene ring substituents is 1. The molecule has 1 heterocycles. The van der Waals surface area contributed by atoms with Crippen LogP contribution < -0.4 is 0 Å². The van der Waals surface area contributed by atoms with Crippen LogP contribution >= 0.6 is 0 Å². The monoisotopic (exact) mass is 333 g/mol. The van der Waals surface area contributed by atoms with Crippen molar-refractivity contribution in [1.29, 1.82) is 0 Å². The maximum absolute atomic E-state index is 11.4. The Bertz CT molecular complexity index is 1050. The number of non-ortho nitro benzene ring substituents is 1. The number of aryl methyl sites for hydroxylation is 2. The molecule has 1 aromatic heterocycles. The van der Waals surface area contributed by atoms with E-state index in [-0.39, 0.29) is 16.0 Å². The average molecular weight is 333 g/mol. The van der Waals surface area contributed by atoms with Gasteiger partial charge in [0, 0.05) is 17.0 Å². The van der Waals surface area contributed by atoms with Gasteiger partial charge in [-0.1, -0.05) is 37.6 Å². The summed E-state index contributed by atoms with van der Waals surface area (Å²) in [6.07, 6.45) is 0.846. The first-order valence-electron chi connectivity index (χ1n) is 8.34. The van der Waals surface area contributed by atoms with Crippen molar-refractivity contribution in [3.63, 3.8) is 0 Å². The molecule has 25 heavy (non-hydrogen) atoms. The lowest BCUT2D eigenvalue weighted by atomic mass is 9.73. The quantitative estimate of drug-likeness (QED) is 0.480. The van der Waals surface area contributed by atoms with E-state index >= 15 is 0 Å². The first-order valence-corrected chi connectivity index (χ1v) is 8.34. The van der Waals surface area contributed by atoms with Gasteiger partial charge in [-0.15, -0.1) is 0 Å². The fraction of sp³-hybridized carbons (Fsp3) is 0.300. The van der Waals surface area contributed by atoms with Crippen LogP contribution in [0.5, 0.6) is 0 Å². The fourth-order valence-corrected chi connectivity index (χ4v) is 3.95. The molecular weight excluding hydrogens is 314 g/mol. The molecule has 1 aliphatic carbocycles. The van der Waals surface area contributed by atoms with Crippen molar-refractivity contribution in [2.24, 2.45) is 0 Å². The summed E-state index contributed by atoms with van der Waals surface area (Å²) in [5.74, 6) is 0. The molecule has 0 unspecified atom stereocenters. The topological polar surface area (TPSA) is 68.9 Å². The number of nitrogens with zero attached hydrogens (tertiary/aromatic N) is 3. The van der Waals surface area contributed by atoms with Crippen LogP contribution in [0.15, 0.2) is 30.3 Å². The maximum Gasteiger partial charge on any atom is 0.297 e. The number of fused-ring (bicyclic) bond motifs is 4. The zero-order valence-corrected chi connectivity index (χ0v) is 14.8. The first-order chi connectivity index (χ1) is 11.8. The molecule has 5 nitrogen and oxygen atoms in total. The first kappa shape index (κ1) is 15.7. The summed E-state index contributed by atoms with van der Waals surface area (Å²) in [5.41, 5.74) is 7.22. The van der Waals surface area contributed by atoms with Gasteiger partial charge in [0.1, 0.15) is 0 Å². The second-order valence-electron chi connectivity index (χ2n) is 7.50. The largest absolute Gasteiger partial charge is 0.297 e. The molecule has 0 aliphatic heterocycles. The Hall–Kier alpha value is -2.82. The van der Waals surface area contributed by atoms with Gasteiger partial charge in [-0.05, 0) is 37.5 Å². The van der Waals surface area contributed by atoms with Crippen molar-refractivity contribution in [2.75, 3.05) is 0 Å². The highest BCUT2D eigenvalue weighted by molar-refractivity contribution is 5.87. The van der Waals surface area contributed by atoms with Gasteiger partial charge in [0.25, 0.3) is 5.69 Å². The predicted molar refractivity (Wildman–Crippen MR) is 97.8 cm³/mol. The number of rotatable bonds is 1. The van der Waals surface area contributed by atoms with Gasteiger partial charge in [0.05, 0.1) is 21.8 Å². The zero-order chi connectivity index (χ0) is 17.9. The van der Waals surface area contributed by atoms with Crippen molar-refractivity contribution in [2.45, 2.75) is 39.5 Å². The normalized spacial score (nSPS) is 14.9. The summed E-state index contributed by atoms with van der Waals surface area (Å²) in [7, 11) is 0. The van der Waals surface area contributed by atoms with Gasteiger partial charge in [-0.3, -0.25) is 10.1 Å². The third-order valence-electron chi connectivity index (χ3n) is 4.94. The molecule has 3 aromatic rings. The molecule has 0 saturated heterocycles. The molecule has 5 heteroatoms. The van der Waals surface area contributed by atoms with E-state index in [1.165, 1.54) is 22.8 Å². The minimum atomic E-state index is -0.387. The van der Waals surface area contributed by atoms with Crippen LogP contribution in [0.1, 0.15) is 36.2 Å². The van der Waals surface area contributed by atoms with E-state index in [1.807, 2.05) is 0 Å².